The largest absolute Gasteiger partial charge is 0.335 e. The molecule has 2 fully saturated rings. The summed E-state index contributed by atoms with van der Waals surface area (Å²) in [4.78, 5) is 46.5. The number of piperidine rings is 2. The first kappa shape index (κ1) is 29.7. The minimum absolute atomic E-state index is 0.0868. The number of aromatic nitrogens is 1. The Morgan fingerprint density at radius 1 is 1.18 bits per heavy atom. The molecule has 2 saturated heterocycles. The van der Waals surface area contributed by atoms with E-state index < -0.39 is 6.03 Å². The van der Waals surface area contributed by atoms with Gasteiger partial charge in [0.25, 0.3) is 0 Å². The van der Waals surface area contributed by atoms with E-state index in [1.54, 1.807) is 17.9 Å². The van der Waals surface area contributed by atoms with Crippen molar-refractivity contribution >= 4 is 34.3 Å². The SMILES string of the molecule is C=CCNC(=O)N1CC[C@@H](CN2CCC[C@@H](Cc3ccc(F)cc3)C2)[C@@H](NC(=O)Nc2nc(C)c(C(C)=O)s2)C1. The third kappa shape index (κ3) is 8.11. The second-order valence-electron chi connectivity index (χ2n) is 10.8. The highest BCUT2D eigenvalue weighted by molar-refractivity contribution is 7.17. The number of thiazole rings is 1. The summed E-state index contributed by atoms with van der Waals surface area (Å²) in [6.45, 7) is 11.0. The van der Waals surface area contributed by atoms with Gasteiger partial charge in [-0.15, -0.1) is 6.58 Å². The molecule has 0 saturated carbocycles. The van der Waals surface area contributed by atoms with E-state index in [0.29, 0.717) is 41.3 Å². The summed E-state index contributed by atoms with van der Waals surface area (Å²) in [6.07, 6.45) is 5.54. The second-order valence-corrected chi connectivity index (χ2v) is 11.8. The van der Waals surface area contributed by atoms with Crippen molar-refractivity contribution in [1.29, 1.82) is 0 Å². The van der Waals surface area contributed by atoms with Crippen LogP contribution in [0.15, 0.2) is 36.9 Å². The van der Waals surface area contributed by atoms with Gasteiger partial charge in [0, 0.05) is 39.6 Å². The Morgan fingerprint density at radius 3 is 2.65 bits per heavy atom. The smallest absolute Gasteiger partial charge is 0.321 e. The Morgan fingerprint density at radius 2 is 1.95 bits per heavy atom. The maximum atomic E-state index is 13.3. The summed E-state index contributed by atoms with van der Waals surface area (Å²) in [5, 5.41) is 9.07. The average Bonchev–Trinajstić information content (AvgIpc) is 3.29. The number of nitrogens with one attached hydrogen (secondary N) is 3. The van der Waals surface area contributed by atoms with Crippen LogP contribution >= 0.6 is 11.3 Å². The van der Waals surface area contributed by atoms with Gasteiger partial charge in [0.05, 0.1) is 16.6 Å². The standard InChI is InChI=1S/C29H39FN6O3S/c1-4-12-31-29(39)36-14-11-23(17-35-13-5-6-22(16-35)15-21-7-9-24(30)10-8-21)25(18-36)33-27(38)34-28-32-19(2)26(40-28)20(3)37/h4,7-10,22-23,25H,1,5-6,11-18H2,2-3H3,(H,31,39)(H2,32,33,34,38)/t22-,23-,25-/m0/s1. The monoisotopic (exact) mass is 570 g/mol. The number of hydrogen-bond acceptors (Lipinski definition) is 6. The lowest BCUT2D eigenvalue weighted by Gasteiger charge is -2.42. The molecule has 216 valence electrons. The van der Waals surface area contributed by atoms with Gasteiger partial charge in [0.2, 0.25) is 0 Å². The van der Waals surface area contributed by atoms with Gasteiger partial charge in [-0.25, -0.2) is 19.0 Å². The average molecular weight is 571 g/mol. The molecule has 0 radical (unpaired) electrons. The summed E-state index contributed by atoms with van der Waals surface area (Å²) in [7, 11) is 0. The van der Waals surface area contributed by atoms with Crippen molar-refractivity contribution < 1.29 is 18.8 Å². The number of urea groups is 2. The van der Waals surface area contributed by atoms with Crippen LogP contribution in [0.3, 0.4) is 0 Å². The van der Waals surface area contributed by atoms with Crippen molar-refractivity contribution in [3.8, 4) is 0 Å². The van der Waals surface area contributed by atoms with Crippen molar-refractivity contribution in [2.24, 2.45) is 11.8 Å². The number of amides is 4. The number of carbonyl (C=O) groups is 3. The van der Waals surface area contributed by atoms with Gasteiger partial charge < -0.3 is 20.4 Å². The number of likely N-dealkylation sites (tertiary alicyclic amines) is 2. The number of rotatable bonds is 9. The highest BCUT2D eigenvalue weighted by Gasteiger charge is 2.34. The van der Waals surface area contributed by atoms with Crippen LogP contribution < -0.4 is 16.0 Å². The topological polar surface area (TPSA) is 107 Å². The molecule has 1 aromatic carbocycles. The highest BCUT2D eigenvalue weighted by atomic mass is 32.1. The number of anilines is 1. The lowest BCUT2D eigenvalue weighted by atomic mass is 9.87. The molecule has 0 bridgehead atoms. The maximum absolute atomic E-state index is 13.3. The number of hydrogen-bond donors (Lipinski definition) is 3. The fourth-order valence-electron chi connectivity index (χ4n) is 5.69. The van der Waals surface area contributed by atoms with Crippen molar-refractivity contribution in [2.45, 2.75) is 45.6 Å². The number of nitrogens with zero attached hydrogens (tertiary/aromatic N) is 3. The minimum Gasteiger partial charge on any atom is -0.335 e. The third-order valence-electron chi connectivity index (χ3n) is 7.63. The maximum Gasteiger partial charge on any atom is 0.321 e. The summed E-state index contributed by atoms with van der Waals surface area (Å²) < 4.78 is 13.3. The van der Waals surface area contributed by atoms with Gasteiger partial charge in [0.1, 0.15) is 5.82 Å². The molecule has 0 unspecified atom stereocenters. The number of halogens is 1. The summed E-state index contributed by atoms with van der Waals surface area (Å²) in [5.41, 5.74) is 1.74. The van der Waals surface area contributed by atoms with Gasteiger partial charge >= 0.3 is 12.1 Å². The lowest BCUT2D eigenvalue weighted by molar-refractivity contribution is 0.0986. The molecule has 0 aliphatic carbocycles. The molecule has 3 N–H and O–H groups in total. The Kier molecular flexibility index (Phi) is 10.3. The van der Waals surface area contributed by atoms with Crippen molar-refractivity contribution in [3.63, 3.8) is 0 Å². The van der Waals surface area contributed by atoms with E-state index in [1.807, 2.05) is 12.1 Å². The minimum atomic E-state index is -0.403. The molecular weight excluding hydrogens is 531 g/mol. The van der Waals surface area contributed by atoms with E-state index in [-0.39, 0.29) is 29.6 Å². The van der Waals surface area contributed by atoms with E-state index in [2.05, 4.69) is 32.4 Å². The zero-order chi connectivity index (χ0) is 28.6. The quantitative estimate of drug-likeness (QED) is 0.305. The number of carbonyl (C=O) groups excluding carboxylic acids is 3. The van der Waals surface area contributed by atoms with Gasteiger partial charge in [-0.05, 0) is 68.7 Å². The third-order valence-corrected chi connectivity index (χ3v) is 8.80. The van der Waals surface area contributed by atoms with Gasteiger partial charge in [-0.3, -0.25) is 10.1 Å². The molecule has 11 heteroatoms. The second kappa shape index (κ2) is 13.8. The van der Waals surface area contributed by atoms with Gasteiger partial charge in [-0.2, -0.15) is 0 Å². The van der Waals surface area contributed by atoms with Crippen LogP contribution in [0.5, 0.6) is 0 Å². The Hall–Kier alpha value is -3.31. The van der Waals surface area contributed by atoms with E-state index in [1.165, 1.54) is 19.1 Å². The predicted octanol–water partition coefficient (Wildman–Crippen LogP) is 4.46. The number of Topliss-reactive ketones (excluding diaryl/α,β-unsaturated/α-hetero) is 1. The number of ketones is 1. The molecule has 40 heavy (non-hydrogen) atoms. The first-order valence-electron chi connectivity index (χ1n) is 13.9. The van der Waals surface area contributed by atoms with Crippen LogP contribution in [-0.4, -0.2) is 77.9 Å². The van der Waals surface area contributed by atoms with Crippen LogP contribution in [-0.2, 0) is 6.42 Å². The van der Waals surface area contributed by atoms with Crippen molar-refractivity contribution in [3.05, 3.63) is 58.9 Å². The summed E-state index contributed by atoms with van der Waals surface area (Å²) >= 11 is 1.16. The molecule has 9 nitrogen and oxygen atoms in total. The van der Waals surface area contributed by atoms with Gasteiger partial charge in [0.15, 0.2) is 10.9 Å². The van der Waals surface area contributed by atoms with E-state index in [9.17, 15) is 18.8 Å². The predicted molar refractivity (Wildman–Crippen MR) is 155 cm³/mol. The van der Waals surface area contributed by atoms with Crippen molar-refractivity contribution in [2.75, 3.05) is 44.6 Å². The first-order valence-corrected chi connectivity index (χ1v) is 14.7. The summed E-state index contributed by atoms with van der Waals surface area (Å²) in [5.74, 6) is 0.341. The Labute approximate surface area is 239 Å². The fourth-order valence-corrected chi connectivity index (χ4v) is 6.54. The molecule has 0 spiro atoms. The van der Waals surface area contributed by atoms with Crippen LogP contribution in [0.4, 0.5) is 19.1 Å². The summed E-state index contributed by atoms with van der Waals surface area (Å²) in [6, 6.07) is 5.93. The van der Waals surface area contributed by atoms with E-state index in [0.717, 1.165) is 62.2 Å². The van der Waals surface area contributed by atoms with E-state index in [4.69, 9.17) is 0 Å². The Bertz CT molecular complexity index is 1200. The molecule has 4 rings (SSSR count). The zero-order valence-electron chi connectivity index (χ0n) is 23.2. The molecule has 1 aromatic heterocycles. The molecule has 2 aliphatic heterocycles. The van der Waals surface area contributed by atoms with Gasteiger partial charge in [-0.1, -0.05) is 29.5 Å². The van der Waals surface area contributed by atoms with Crippen LogP contribution in [0.1, 0.15) is 47.1 Å². The van der Waals surface area contributed by atoms with Crippen LogP contribution in [0, 0.1) is 24.6 Å². The normalized spacial score (nSPS) is 21.5. The number of aryl methyl sites for hydroxylation is 1. The molecule has 2 aliphatic rings. The molecule has 2 aromatic rings. The highest BCUT2D eigenvalue weighted by Crippen LogP contribution is 2.26. The fraction of sp³-hybridized carbons (Fsp3) is 0.517. The molecule has 4 amide bonds. The number of benzene rings is 1. The molecule has 3 atom stereocenters. The van der Waals surface area contributed by atoms with Crippen LogP contribution in [0.25, 0.3) is 0 Å². The van der Waals surface area contributed by atoms with Crippen molar-refractivity contribution in [1.82, 2.24) is 25.4 Å². The zero-order valence-corrected chi connectivity index (χ0v) is 24.1. The molecule has 3 heterocycles. The lowest BCUT2D eigenvalue weighted by Crippen LogP contribution is -2.58. The first-order chi connectivity index (χ1) is 19.2. The van der Waals surface area contributed by atoms with Crippen LogP contribution in [0.2, 0.25) is 0 Å². The Balaban J connectivity index is 1.40. The molecular formula is C29H39FN6O3S. The van der Waals surface area contributed by atoms with E-state index >= 15 is 0 Å².